The summed E-state index contributed by atoms with van der Waals surface area (Å²) in [5.74, 6) is 0.702. The van der Waals surface area contributed by atoms with Crippen LogP contribution in [-0.4, -0.2) is 44.6 Å². The first-order valence-electron chi connectivity index (χ1n) is 7.43. The lowest BCUT2D eigenvalue weighted by atomic mass is 10.2. The molecule has 21 heavy (non-hydrogen) atoms. The van der Waals surface area contributed by atoms with Crippen molar-refractivity contribution >= 4 is 5.91 Å². The van der Waals surface area contributed by atoms with Crippen LogP contribution in [-0.2, 0) is 0 Å². The zero-order valence-electron chi connectivity index (χ0n) is 13.6. The summed E-state index contributed by atoms with van der Waals surface area (Å²) >= 11 is 0. The predicted molar refractivity (Wildman–Crippen MR) is 86.4 cm³/mol. The van der Waals surface area contributed by atoms with Crippen LogP contribution in [0, 0.1) is 0 Å². The number of amides is 1. The molecule has 0 saturated heterocycles. The molecule has 0 bridgehead atoms. The Morgan fingerprint density at radius 3 is 2.48 bits per heavy atom. The van der Waals surface area contributed by atoms with Gasteiger partial charge in [0.1, 0.15) is 5.75 Å². The van der Waals surface area contributed by atoms with Gasteiger partial charge < -0.3 is 14.5 Å². The third kappa shape index (κ3) is 7.51. The second-order valence-electron chi connectivity index (χ2n) is 6.05. The Morgan fingerprint density at radius 2 is 1.90 bits per heavy atom. The van der Waals surface area contributed by atoms with Crippen LogP contribution < -0.4 is 10.1 Å². The SMILES string of the molecule is CCC=COc1ccc(C(=O)NCCC[N+](C)(C)C)cc1. The number of allylic oxidation sites excluding steroid dienone is 1. The zero-order chi connectivity index (χ0) is 15.7. The van der Waals surface area contributed by atoms with Crippen molar-refractivity contribution in [3.8, 4) is 5.75 Å². The first-order valence-corrected chi connectivity index (χ1v) is 7.43. The van der Waals surface area contributed by atoms with E-state index in [4.69, 9.17) is 4.74 Å². The van der Waals surface area contributed by atoms with E-state index in [1.165, 1.54) is 0 Å². The summed E-state index contributed by atoms with van der Waals surface area (Å²) < 4.78 is 6.31. The van der Waals surface area contributed by atoms with Crippen molar-refractivity contribution in [2.75, 3.05) is 34.2 Å². The average molecular weight is 291 g/mol. The Morgan fingerprint density at radius 1 is 1.24 bits per heavy atom. The summed E-state index contributed by atoms with van der Waals surface area (Å²) in [5.41, 5.74) is 0.659. The van der Waals surface area contributed by atoms with Gasteiger partial charge in [0.25, 0.3) is 5.91 Å². The van der Waals surface area contributed by atoms with Gasteiger partial charge in [-0.05, 0) is 36.8 Å². The molecule has 0 spiro atoms. The van der Waals surface area contributed by atoms with E-state index < -0.39 is 0 Å². The number of hydrogen-bond donors (Lipinski definition) is 1. The van der Waals surface area contributed by atoms with Crippen LogP contribution in [0.4, 0.5) is 0 Å². The van der Waals surface area contributed by atoms with Gasteiger partial charge in [-0.2, -0.15) is 0 Å². The van der Waals surface area contributed by atoms with Gasteiger partial charge in [0.05, 0.1) is 33.9 Å². The van der Waals surface area contributed by atoms with Crippen LogP contribution in [0.2, 0.25) is 0 Å². The van der Waals surface area contributed by atoms with Gasteiger partial charge in [0.15, 0.2) is 0 Å². The number of hydrogen-bond acceptors (Lipinski definition) is 2. The van der Waals surface area contributed by atoms with E-state index in [0.29, 0.717) is 12.1 Å². The Hall–Kier alpha value is -1.81. The van der Waals surface area contributed by atoms with Crippen LogP contribution in [0.5, 0.6) is 5.75 Å². The van der Waals surface area contributed by atoms with Crippen LogP contribution in [0.15, 0.2) is 36.6 Å². The molecule has 1 aromatic carbocycles. The smallest absolute Gasteiger partial charge is 0.251 e. The molecule has 1 N–H and O–H groups in total. The Balaban J connectivity index is 2.39. The molecular weight excluding hydrogens is 264 g/mol. The normalized spacial score (nSPS) is 11.6. The first-order chi connectivity index (χ1) is 9.92. The van der Waals surface area contributed by atoms with Gasteiger partial charge in [-0.3, -0.25) is 4.79 Å². The molecule has 0 aliphatic rings. The molecule has 1 aromatic rings. The van der Waals surface area contributed by atoms with Crippen molar-refractivity contribution in [2.24, 2.45) is 0 Å². The van der Waals surface area contributed by atoms with Crippen molar-refractivity contribution in [1.82, 2.24) is 5.32 Å². The maximum Gasteiger partial charge on any atom is 0.251 e. The van der Waals surface area contributed by atoms with Gasteiger partial charge in [0, 0.05) is 18.5 Å². The van der Waals surface area contributed by atoms with Crippen molar-refractivity contribution in [2.45, 2.75) is 19.8 Å². The van der Waals surface area contributed by atoms with Crippen LogP contribution in [0.25, 0.3) is 0 Å². The molecule has 0 aliphatic carbocycles. The van der Waals surface area contributed by atoms with Gasteiger partial charge in [-0.25, -0.2) is 0 Å². The number of nitrogens with zero attached hydrogens (tertiary/aromatic N) is 1. The van der Waals surface area contributed by atoms with Gasteiger partial charge in [-0.1, -0.05) is 6.92 Å². The first kappa shape index (κ1) is 17.2. The van der Waals surface area contributed by atoms with Crippen LogP contribution in [0.1, 0.15) is 30.1 Å². The highest BCUT2D eigenvalue weighted by atomic mass is 16.5. The lowest BCUT2D eigenvalue weighted by Gasteiger charge is -2.23. The number of nitrogens with one attached hydrogen (secondary N) is 1. The molecule has 4 heteroatoms. The topological polar surface area (TPSA) is 38.3 Å². The summed E-state index contributed by atoms with van der Waals surface area (Å²) in [5, 5.41) is 2.94. The highest BCUT2D eigenvalue weighted by Gasteiger charge is 2.08. The molecule has 0 radical (unpaired) electrons. The van der Waals surface area contributed by atoms with Crippen molar-refractivity contribution in [1.29, 1.82) is 0 Å². The Kier molecular flexibility index (Phi) is 6.96. The average Bonchev–Trinajstić information content (AvgIpc) is 2.43. The number of rotatable bonds is 8. The van der Waals surface area contributed by atoms with Crippen LogP contribution in [0.3, 0.4) is 0 Å². The van der Waals surface area contributed by atoms with E-state index in [9.17, 15) is 4.79 Å². The second-order valence-corrected chi connectivity index (χ2v) is 6.05. The highest BCUT2D eigenvalue weighted by molar-refractivity contribution is 5.94. The lowest BCUT2D eigenvalue weighted by Crippen LogP contribution is -2.37. The molecule has 0 unspecified atom stereocenters. The maximum atomic E-state index is 12.0. The Bertz CT molecular complexity index is 459. The minimum absolute atomic E-state index is 0.0351. The van der Waals surface area contributed by atoms with Crippen LogP contribution >= 0.6 is 0 Å². The monoisotopic (exact) mass is 291 g/mol. The predicted octanol–water partition coefficient (Wildman–Crippen LogP) is 2.82. The second kappa shape index (κ2) is 8.47. The maximum absolute atomic E-state index is 12.0. The van der Waals surface area contributed by atoms with E-state index >= 15 is 0 Å². The number of carbonyl (C=O) groups excluding carboxylic acids is 1. The molecule has 0 aromatic heterocycles. The number of ether oxygens (including phenoxy) is 1. The van der Waals surface area contributed by atoms with Crippen molar-refractivity contribution in [3.05, 3.63) is 42.2 Å². The fraction of sp³-hybridized carbons (Fsp3) is 0.471. The summed E-state index contributed by atoms with van der Waals surface area (Å²) in [6.45, 7) is 3.79. The largest absolute Gasteiger partial charge is 0.465 e. The molecule has 1 amide bonds. The van der Waals surface area contributed by atoms with Crippen molar-refractivity contribution in [3.63, 3.8) is 0 Å². The summed E-state index contributed by atoms with van der Waals surface area (Å²) in [6.07, 6.45) is 5.51. The molecule has 0 heterocycles. The number of benzene rings is 1. The van der Waals surface area contributed by atoms with E-state index in [2.05, 4.69) is 26.5 Å². The van der Waals surface area contributed by atoms with E-state index in [1.807, 2.05) is 13.0 Å². The van der Waals surface area contributed by atoms with E-state index in [1.54, 1.807) is 30.5 Å². The lowest BCUT2D eigenvalue weighted by molar-refractivity contribution is -0.870. The summed E-state index contributed by atoms with van der Waals surface area (Å²) in [4.78, 5) is 12.0. The third-order valence-corrected chi connectivity index (χ3v) is 2.94. The molecular formula is C17H27N2O2+. The van der Waals surface area contributed by atoms with Gasteiger partial charge in [0.2, 0.25) is 0 Å². The third-order valence-electron chi connectivity index (χ3n) is 2.94. The molecule has 1 rings (SSSR count). The molecule has 0 saturated carbocycles. The molecule has 0 atom stereocenters. The fourth-order valence-corrected chi connectivity index (χ4v) is 1.77. The van der Waals surface area contributed by atoms with Crippen molar-refractivity contribution < 1.29 is 14.0 Å². The van der Waals surface area contributed by atoms with Gasteiger partial charge >= 0.3 is 0 Å². The minimum Gasteiger partial charge on any atom is -0.465 e. The quantitative estimate of drug-likeness (QED) is 0.454. The zero-order valence-corrected chi connectivity index (χ0v) is 13.6. The molecule has 0 fully saturated rings. The highest BCUT2D eigenvalue weighted by Crippen LogP contribution is 2.12. The summed E-state index contributed by atoms with van der Waals surface area (Å²) in [6, 6.07) is 7.18. The fourth-order valence-electron chi connectivity index (χ4n) is 1.77. The number of carbonyl (C=O) groups is 1. The van der Waals surface area contributed by atoms with E-state index in [-0.39, 0.29) is 5.91 Å². The molecule has 116 valence electrons. The minimum atomic E-state index is -0.0351. The summed E-state index contributed by atoms with van der Waals surface area (Å²) in [7, 11) is 6.44. The molecule has 0 aliphatic heterocycles. The van der Waals surface area contributed by atoms with E-state index in [0.717, 1.165) is 29.6 Å². The molecule has 4 nitrogen and oxygen atoms in total. The standard InChI is InChI=1S/C17H26N2O2/c1-5-6-14-21-16-10-8-15(9-11-16)17(20)18-12-7-13-19(2,3)4/h6,8-11,14H,5,7,12-13H2,1-4H3/p+1. The van der Waals surface area contributed by atoms with Gasteiger partial charge in [-0.15, -0.1) is 0 Å². The number of quaternary nitrogens is 1. The Labute approximate surface area is 128 Å².